The van der Waals surface area contributed by atoms with E-state index in [0.29, 0.717) is 11.5 Å². The highest BCUT2D eigenvalue weighted by atomic mass is 19.2. The predicted octanol–water partition coefficient (Wildman–Crippen LogP) is 8.28. The van der Waals surface area contributed by atoms with E-state index in [0.717, 1.165) is 37.9 Å². The Balaban J connectivity index is 1.46. The average Bonchev–Trinajstić information content (AvgIpc) is 2.89. The van der Waals surface area contributed by atoms with Crippen molar-refractivity contribution < 1.29 is 27.0 Å². The van der Waals surface area contributed by atoms with Crippen molar-refractivity contribution in [3.05, 3.63) is 89.5 Å². The molecular weight excluding hydrogens is 468 g/mol. The zero-order chi connectivity index (χ0) is 25.7. The monoisotopic (exact) mass is 498 g/mol. The summed E-state index contributed by atoms with van der Waals surface area (Å²) in [5.74, 6) is -4.61. The lowest BCUT2D eigenvalue weighted by Crippen LogP contribution is -2.24. The summed E-state index contributed by atoms with van der Waals surface area (Å²) in [6.07, 6.45) is 8.37. The number of aryl methyl sites for hydroxylation is 1. The van der Waals surface area contributed by atoms with Gasteiger partial charge >= 0.3 is 0 Å². The van der Waals surface area contributed by atoms with Gasteiger partial charge in [-0.1, -0.05) is 48.6 Å². The third-order valence-corrected chi connectivity index (χ3v) is 6.64. The van der Waals surface area contributed by atoms with E-state index in [9.17, 15) is 13.2 Å². The van der Waals surface area contributed by atoms with E-state index in [1.54, 1.807) is 19.1 Å². The average molecular weight is 499 g/mol. The third kappa shape index (κ3) is 5.65. The lowest BCUT2D eigenvalue weighted by Gasteiger charge is -2.27. The molecule has 3 aromatic rings. The highest BCUT2D eigenvalue weighted by molar-refractivity contribution is 5.72. The first-order valence-corrected chi connectivity index (χ1v) is 12.4. The number of rotatable bonds is 8. The predicted molar refractivity (Wildman–Crippen MR) is 134 cm³/mol. The van der Waals surface area contributed by atoms with Crippen LogP contribution in [0.4, 0.5) is 17.6 Å². The molecule has 1 saturated heterocycles. The summed E-state index contributed by atoms with van der Waals surface area (Å²) in [7, 11) is 0. The molecule has 1 heterocycles. The molecule has 1 aliphatic rings. The van der Waals surface area contributed by atoms with Gasteiger partial charge in [0.2, 0.25) is 5.82 Å². The van der Waals surface area contributed by atoms with Crippen LogP contribution in [0.1, 0.15) is 38.7 Å². The van der Waals surface area contributed by atoms with Gasteiger partial charge in [-0.3, -0.25) is 0 Å². The van der Waals surface area contributed by atoms with Gasteiger partial charge in [0.1, 0.15) is 0 Å². The zero-order valence-corrected chi connectivity index (χ0v) is 20.5. The van der Waals surface area contributed by atoms with Crippen LogP contribution in [0.25, 0.3) is 22.3 Å². The lowest BCUT2D eigenvalue weighted by molar-refractivity contribution is 0.00862. The third-order valence-electron chi connectivity index (χ3n) is 6.64. The number of allylic oxidation sites excluding steroid dienone is 1. The Hall–Kier alpha value is -3.12. The molecule has 4 rings (SSSR count). The molecule has 0 amide bonds. The second kappa shape index (κ2) is 11.7. The molecule has 1 fully saturated rings. The highest BCUT2D eigenvalue weighted by Crippen LogP contribution is 2.35. The van der Waals surface area contributed by atoms with Crippen molar-refractivity contribution in [1.29, 1.82) is 0 Å². The largest absolute Gasteiger partial charge is 0.491 e. The molecule has 190 valence electrons. The molecule has 0 N–H and O–H groups in total. The van der Waals surface area contributed by atoms with Crippen molar-refractivity contribution in [2.75, 3.05) is 13.2 Å². The van der Waals surface area contributed by atoms with Crippen LogP contribution in [0, 0.1) is 29.2 Å². The standard InChI is InChI=1S/C30H30F4O2/c1-3-5-22-13-10-20(18-36-22)7-6-19-8-11-21(12-9-19)23-14-15-24(28(32)27(23)31)25-16-17-26(35-4-2)30(34)29(25)33/h3,5,8-9,11-12,14-17,20,22H,4,6-7,10,13,18H2,1-2H3/b5-3+. The molecule has 36 heavy (non-hydrogen) atoms. The van der Waals surface area contributed by atoms with Crippen LogP contribution < -0.4 is 4.74 Å². The first-order valence-electron chi connectivity index (χ1n) is 12.4. The fraction of sp³-hybridized carbons (Fsp3) is 0.333. The Morgan fingerprint density at radius 1 is 0.833 bits per heavy atom. The number of halogens is 4. The van der Waals surface area contributed by atoms with Crippen molar-refractivity contribution in [3.63, 3.8) is 0 Å². The van der Waals surface area contributed by atoms with Crippen LogP contribution in [0.3, 0.4) is 0 Å². The van der Waals surface area contributed by atoms with Gasteiger partial charge in [-0.2, -0.15) is 4.39 Å². The Morgan fingerprint density at radius 3 is 2.11 bits per heavy atom. The first-order chi connectivity index (χ1) is 17.4. The number of hydrogen-bond acceptors (Lipinski definition) is 2. The summed E-state index contributed by atoms with van der Waals surface area (Å²) in [4.78, 5) is 0. The minimum absolute atomic E-state index is 0.0605. The second-order valence-electron chi connectivity index (χ2n) is 9.04. The molecule has 0 aliphatic carbocycles. The van der Waals surface area contributed by atoms with Crippen LogP contribution in [-0.2, 0) is 11.2 Å². The Kier molecular flexibility index (Phi) is 8.47. The molecule has 0 bridgehead atoms. The summed E-state index contributed by atoms with van der Waals surface area (Å²) >= 11 is 0. The van der Waals surface area contributed by atoms with E-state index in [-0.39, 0.29) is 35.2 Å². The maximum atomic E-state index is 15.0. The number of benzene rings is 3. The van der Waals surface area contributed by atoms with E-state index >= 15 is 4.39 Å². The van der Waals surface area contributed by atoms with Crippen LogP contribution in [0.2, 0.25) is 0 Å². The van der Waals surface area contributed by atoms with Gasteiger partial charge < -0.3 is 9.47 Å². The van der Waals surface area contributed by atoms with Gasteiger partial charge in [0.15, 0.2) is 23.2 Å². The normalized spacial score (nSPS) is 18.1. The Labute approximate surface area is 209 Å². The Morgan fingerprint density at radius 2 is 1.47 bits per heavy atom. The fourth-order valence-corrected chi connectivity index (χ4v) is 4.63. The molecule has 2 unspecified atom stereocenters. The minimum Gasteiger partial charge on any atom is -0.491 e. The summed E-state index contributed by atoms with van der Waals surface area (Å²) in [6.45, 7) is 4.54. The van der Waals surface area contributed by atoms with Gasteiger partial charge in [0.05, 0.1) is 19.3 Å². The van der Waals surface area contributed by atoms with Crippen LogP contribution in [0.5, 0.6) is 5.75 Å². The van der Waals surface area contributed by atoms with Crippen LogP contribution in [0.15, 0.2) is 60.7 Å². The van der Waals surface area contributed by atoms with Crippen molar-refractivity contribution >= 4 is 0 Å². The maximum absolute atomic E-state index is 15.0. The smallest absolute Gasteiger partial charge is 0.201 e. The van der Waals surface area contributed by atoms with Gasteiger partial charge in [-0.05, 0) is 68.7 Å². The molecule has 0 aromatic heterocycles. The minimum atomic E-state index is -1.28. The summed E-state index contributed by atoms with van der Waals surface area (Å²) in [5.41, 5.74) is 0.969. The second-order valence-corrected chi connectivity index (χ2v) is 9.04. The SMILES string of the molecule is C/C=C/C1CCC(CCc2ccc(-c3ccc(-c4ccc(OCC)c(F)c4F)c(F)c3F)cc2)CO1. The van der Waals surface area contributed by atoms with Crippen molar-refractivity contribution in [3.8, 4) is 28.0 Å². The zero-order valence-electron chi connectivity index (χ0n) is 20.5. The van der Waals surface area contributed by atoms with Crippen molar-refractivity contribution in [2.45, 2.75) is 45.6 Å². The van der Waals surface area contributed by atoms with Crippen molar-refractivity contribution in [2.24, 2.45) is 5.92 Å². The molecule has 0 saturated carbocycles. The highest BCUT2D eigenvalue weighted by Gasteiger charge is 2.22. The van der Waals surface area contributed by atoms with Gasteiger partial charge in [0, 0.05) is 16.7 Å². The lowest BCUT2D eigenvalue weighted by atomic mass is 9.91. The van der Waals surface area contributed by atoms with Crippen LogP contribution in [-0.4, -0.2) is 19.3 Å². The fourth-order valence-electron chi connectivity index (χ4n) is 4.63. The molecule has 1 aliphatic heterocycles. The van der Waals surface area contributed by atoms with Gasteiger partial charge in [-0.25, -0.2) is 13.2 Å². The van der Waals surface area contributed by atoms with E-state index in [1.807, 2.05) is 25.1 Å². The molecule has 2 nitrogen and oxygen atoms in total. The van der Waals surface area contributed by atoms with Crippen LogP contribution >= 0.6 is 0 Å². The summed E-state index contributed by atoms with van der Waals surface area (Å²) in [6, 6.07) is 12.4. The van der Waals surface area contributed by atoms with Gasteiger partial charge in [0.25, 0.3) is 0 Å². The Bertz CT molecular complexity index is 1210. The molecule has 6 heteroatoms. The van der Waals surface area contributed by atoms with Crippen molar-refractivity contribution in [1.82, 2.24) is 0 Å². The molecule has 2 atom stereocenters. The number of ether oxygens (including phenoxy) is 2. The maximum Gasteiger partial charge on any atom is 0.201 e. The van der Waals surface area contributed by atoms with E-state index in [1.165, 1.54) is 24.3 Å². The quantitative estimate of drug-likeness (QED) is 0.230. The molecule has 0 spiro atoms. The molecule has 3 aromatic carbocycles. The number of hydrogen-bond donors (Lipinski definition) is 0. The summed E-state index contributed by atoms with van der Waals surface area (Å²) < 4.78 is 69.7. The van der Waals surface area contributed by atoms with Gasteiger partial charge in [-0.15, -0.1) is 0 Å². The molecular formula is C30H30F4O2. The van der Waals surface area contributed by atoms with E-state index in [2.05, 4.69) is 6.08 Å². The summed E-state index contributed by atoms with van der Waals surface area (Å²) in [5, 5.41) is 0. The molecule has 0 radical (unpaired) electrons. The van der Waals surface area contributed by atoms with E-state index in [4.69, 9.17) is 9.47 Å². The van der Waals surface area contributed by atoms with E-state index < -0.39 is 23.3 Å². The topological polar surface area (TPSA) is 18.5 Å². The first kappa shape index (κ1) is 26.0.